The van der Waals surface area contributed by atoms with E-state index in [1.807, 2.05) is 66.9 Å². The topological polar surface area (TPSA) is 85.4 Å². The van der Waals surface area contributed by atoms with Gasteiger partial charge in [-0.3, -0.25) is 9.98 Å². The van der Waals surface area contributed by atoms with Gasteiger partial charge in [0.05, 0.1) is 12.1 Å². The third-order valence-corrected chi connectivity index (χ3v) is 5.84. The van der Waals surface area contributed by atoms with Crippen molar-refractivity contribution in [2.24, 2.45) is 9.98 Å². The Morgan fingerprint density at radius 2 is 0.971 bits per heavy atom. The van der Waals surface area contributed by atoms with Crippen LogP contribution in [-0.2, 0) is 12.8 Å². The monoisotopic (exact) mass is 464 g/mol. The molecule has 0 amide bonds. The van der Waals surface area contributed by atoms with E-state index >= 15 is 0 Å². The highest BCUT2D eigenvalue weighted by molar-refractivity contribution is 5.83. The smallest absolute Gasteiger partial charge is 0.124 e. The van der Waals surface area contributed by atoms with Crippen molar-refractivity contribution in [3.63, 3.8) is 0 Å². The summed E-state index contributed by atoms with van der Waals surface area (Å²) in [6.45, 7) is 0. The highest BCUT2D eigenvalue weighted by Gasteiger charge is 2.23. The Labute approximate surface area is 205 Å². The molecule has 35 heavy (non-hydrogen) atoms. The zero-order valence-corrected chi connectivity index (χ0v) is 19.3. The van der Waals surface area contributed by atoms with E-state index in [1.165, 1.54) is 0 Å². The van der Waals surface area contributed by atoms with Crippen molar-refractivity contribution in [1.82, 2.24) is 0 Å². The van der Waals surface area contributed by atoms with E-state index in [1.54, 1.807) is 48.7 Å². The van der Waals surface area contributed by atoms with Crippen LogP contribution in [0, 0.1) is 0 Å². The summed E-state index contributed by atoms with van der Waals surface area (Å²) in [6.07, 6.45) is 4.35. The Kier molecular flexibility index (Phi) is 7.92. The van der Waals surface area contributed by atoms with Gasteiger partial charge in [0.15, 0.2) is 0 Å². The van der Waals surface area contributed by atoms with E-state index < -0.39 is 0 Å². The number of phenolic OH excluding ortho intramolecular Hbond substituents is 3. The Morgan fingerprint density at radius 1 is 0.514 bits per heavy atom. The summed E-state index contributed by atoms with van der Waals surface area (Å²) in [5, 5.41) is 31.1. The predicted molar refractivity (Wildman–Crippen MR) is 141 cm³/mol. The van der Waals surface area contributed by atoms with Crippen molar-refractivity contribution in [3.05, 3.63) is 125 Å². The summed E-state index contributed by atoms with van der Waals surface area (Å²) in [5.41, 5.74) is 3.08. The minimum Gasteiger partial charge on any atom is -0.508 e. The molecule has 176 valence electrons. The lowest BCUT2D eigenvalue weighted by Gasteiger charge is -2.22. The third kappa shape index (κ3) is 6.58. The van der Waals surface area contributed by atoms with Crippen molar-refractivity contribution in [1.29, 1.82) is 0 Å². The van der Waals surface area contributed by atoms with Gasteiger partial charge in [0.2, 0.25) is 0 Å². The zero-order valence-electron chi connectivity index (χ0n) is 19.3. The fourth-order valence-electron chi connectivity index (χ4n) is 3.89. The van der Waals surface area contributed by atoms with Crippen LogP contribution in [0.1, 0.15) is 22.3 Å². The second kappa shape index (κ2) is 11.7. The fraction of sp³-hybridized carbons (Fsp3) is 0.133. The number of hydrogen-bond acceptors (Lipinski definition) is 5. The van der Waals surface area contributed by atoms with Gasteiger partial charge in [0.1, 0.15) is 17.2 Å². The minimum absolute atomic E-state index is 0.141. The summed E-state index contributed by atoms with van der Waals surface area (Å²) in [4.78, 5) is 9.74. The molecule has 0 aliphatic heterocycles. The van der Waals surface area contributed by atoms with Gasteiger partial charge < -0.3 is 15.3 Å². The molecule has 0 saturated heterocycles. The quantitative estimate of drug-likeness (QED) is 0.283. The zero-order chi connectivity index (χ0) is 24.5. The van der Waals surface area contributed by atoms with Crippen LogP contribution < -0.4 is 0 Å². The van der Waals surface area contributed by atoms with Gasteiger partial charge in [0.25, 0.3) is 0 Å². The molecule has 5 heteroatoms. The maximum atomic E-state index is 10.4. The number of aliphatic imine (C=N–C) groups is 2. The first kappa shape index (κ1) is 23.8. The molecule has 4 rings (SSSR count). The second-order valence-corrected chi connectivity index (χ2v) is 8.33. The van der Waals surface area contributed by atoms with Gasteiger partial charge in [-0.1, -0.05) is 78.9 Å². The van der Waals surface area contributed by atoms with Crippen molar-refractivity contribution >= 4 is 12.4 Å². The van der Waals surface area contributed by atoms with Crippen LogP contribution in [0.4, 0.5) is 0 Å². The van der Waals surface area contributed by atoms with Crippen molar-refractivity contribution < 1.29 is 15.3 Å². The lowest BCUT2D eigenvalue weighted by atomic mass is 9.94. The van der Waals surface area contributed by atoms with E-state index in [0.29, 0.717) is 18.4 Å². The molecule has 2 unspecified atom stereocenters. The minimum atomic E-state index is -0.373. The molecule has 0 aliphatic carbocycles. The molecule has 3 N–H and O–H groups in total. The van der Waals surface area contributed by atoms with Crippen molar-refractivity contribution in [2.45, 2.75) is 24.9 Å². The molecule has 0 fully saturated rings. The van der Waals surface area contributed by atoms with Crippen LogP contribution in [-0.4, -0.2) is 39.8 Å². The molecule has 4 aromatic rings. The summed E-state index contributed by atoms with van der Waals surface area (Å²) in [6, 6.07) is 30.5. The molecule has 0 aliphatic rings. The number of rotatable bonds is 9. The van der Waals surface area contributed by atoms with E-state index in [-0.39, 0.29) is 29.3 Å². The summed E-state index contributed by atoms with van der Waals surface area (Å²) < 4.78 is 0. The van der Waals surface area contributed by atoms with Crippen molar-refractivity contribution in [2.75, 3.05) is 0 Å². The first-order chi connectivity index (χ1) is 17.1. The van der Waals surface area contributed by atoms with Gasteiger partial charge in [-0.05, 0) is 41.0 Å². The molecule has 0 bridgehead atoms. The molecule has 0 radical (unpaired) electrons. The second-order valence-electron chi connectivity index (χ2n) is 8.33. The normalized spacial score (nSPS) is 13.3. The summed E-state index contributed by atoms with van der Waals surface area (Å²) in [5.74, 6) is 0.546. The largest absolute Gasteiger partial charge is 0.508 e. The highest BCUT2D eigenvalue weighted by Crippen LogP contribution is 2.25. The van der Waals surface area contributed by atoms with Gasteiger partial charge in [-0.2, -0.15) is 0 Å². The first-order valence-electron chi connectivity index (χ1n) is 11.5. The summed E-state index contributed by atoms with van der Waals surface area (Å²) >= 11 is 0. The molecule has 0 heterocycles. The van der Waals surface area contributed by atoms with Gasteiger partial charge in [-0.25, -0.2) is 0 Å². The highest BCUT2D eigenvalue weighted by atomic mass is 16.3. The number of nitrogens with zero attached hydrogens (tertiary/aromatic N) is 2. The van der Waals surface area contributed by atoms with Crippen LogP contribution in [0.5, 0.6) is 17.2 Å². The Bertz CT molecular complexity index is 1300. The summed E-state index contributed by atoms with van der Waals surface area (Å²) in [7, 11) is 0. The van der Waals surface area contributed by atoms with Crippen LogP contribution in [0.15, 0.2) is 113 Å². The molecule has 2 atom stereocenters. The molecule has 4 aromatic carbocycles. The molecule has 0 spiro atoms. The van der Waals surface area contributed by atoms with Gasteiger partial charge in [0, 0.05) is 30.8 Å². The average Bonchev–Trinajstić information content (AvgIpc) is 2.88. The molecular weight excluding hydrogens is 436 g/mol. The Balaban J connectivity index is 1.73. The Hall–Kier alpha value is -4.38. The standard InChI is InChI=1S/C30H28N2O3/c33-28-15-7-4-12-23(28)18-26(31-20-22-10-2-1-3-11-22)27(19-24-13-5-8-16-29(24)34)32-21-25-14-6-9-17-30(25)35/h1-17,20-21,26-27,33-35H,18-19H2/b31-20+,32-21+. The van der Waals surface area contributed by atoms with Crippen LogP contribution >= 0.6 is 0 Å². The van der Waals surface area contributed by atoms with Gasteiger partial charge >= 0.3 is 0 Å². The maximum absolute atomic E-state index is 10.4. The third-order valence-electron chi connectivity index (χ3n) is 5.84. The number of phenols is 3. The fourth-order valence-corrected chi connectivity index (χ4v) is 3.89. The Morgan fingerprint density at radius 3 is 1.51 bits per heavy atom. The number of para-hydroxylation sites is 3. The van der Waals surface area contributed by atoms with Crippen LogP contribution in [0.2, 0.25) is 0 Å². The molecular formula is C30H28N2O3. The molecule has 0 aromatic heterocycles. The number of benzene rings is 4. The molecule has 0 saturated carbocycles. The van der Waals surface area contributed by atoms with Gasteiger partial charge in [-0.15, -0.1) is 0 Å². The van der Waals surface area contributed by atoms with Crippen LogP contribution in [0.25, 0.3) is 0 Å². The lowest BCUT2D eigenvalue weighted by Crippen LogP contribution is -2.28. The predicted octanol–water partition coefficient (Wildman–Crippen LogP) is 5.56. The number of hydrogen-bond donors (Lipinski definition) is 3. The van der Waals surface area contributed by atoms with E-state index in [9.17, 15) is 15.3 Å². The molecule has 5 nitrogen and oxygen atoms in total. The number of aromatic hydroxyl groups is 3. The maximum Gasteiger partial charge on any atom is 0.124 e. The van der Waals surface area contributed by atoms with Crippen LogP contribution in [0.3, 0.4) is 0 Å². The van der Waals surface area contributed by atoms with E-state index in [2.05, 4.69) is 0 Å². The van der Waals surface area contributed by atoms with E-state index in [4.69, 9.17) is 9.98 Å². The SMILES string of the molecule is Oc1ccccc1/C=N/C(Cc1ccccc1O)C(Cc1ccccc1O)/N=C/c1ccccc1. The first-order valence-corrected chi connectivity index (χ1v) is 11.5. The van der Waals surface area contributed by atoms with E-state index in [0.717, 1.165) is 16.7 Å². The van der Waals surface area contributed by atoms with Crippen molar-refractivity contribution in [3.8, 4) is 17.2 Å². The lowest BCUT2D eigenvalue weighted by molar-refractivity contribution is 0.448. The average molecular weight is 465 g/mol.